The largest absolute Gasteiger partial charge is 0.324 e. The van der Waals surface area contributed by atoms with Crippen molar-refractivity contribution in [3.8, 4) is 0 Å². The van der Waals surface area contributed by atoms with E-state index in [2.05, 4.69) is 5.32 Å². The molecule has 1 N–H and O–H groups in total. The lowest BCUT2D eigenvalue weighted by atomic mass is 9.82. The molecular weight excluding hydrogens is 196 g/mol. The molecule has 1 saturated heterocycles. The Bertz CT molecular complexity index is 294. The van der Waals surface area contributed by atoms with Crippen LogP contribution in [0, 0.1) is 5.92 Å². The zero-order chi connectivity index (χ0) is 10.8. The van der Waals surface area contributed by atoms with Crippen LogP contribution >= 0.6 is 0 Å². The predicted molar refractivity (Wildman–Crippen MR) is 51.7 cm³/mol. The number of nitrogens with zero attached hydrogens (tertiary/aromatic N) is 1. The highest BCUT2D eigenvalue weighted by atomic mass is 16.2. The summed E-state index contributed by atoms with van der Waals surface area (Å²) in [6.07, 6.45) is 3.87. The molecule has 5 heteroatoms. The Morgan fingerprint density at radius 3 is 2.33 bits per heavy atom. The SMILES string of the molecule is O=C1CN(C(=O)CC2CCC2)CC(=O)N1. The van der Waals surface area contributed by atoms with Crippen molar-refractivity contribution in [3.05, 3.63) is 0 Å². The Hall–Kier alpha value is -1.39. The number of imide groups is 1. The third kappa shape index (κ3) is 2.34. The maximum Gasteiger partial charge on any atom is 0.246 e. The smallest absolute Gasteiger partial charge is 0.246 e. The average Bonchev–Trinajstić information content (AvgIpc) is 2.09. The van der Waals surface area contributed by atoms with Gasteiger partial charge in [-0.1, -0.05) is 6.42 Å². The van der Waals surface area contributed by atoms with Crippen molar-refractivity contribution in [2.45, 2.75) is 25.7 Å². The van der Waals surface area contributed by atoms with Crippen molar-refractivity contribution < 1.29 is 14.4 Å². The van der Waals surface area contributed by atoms with Gasteiger partial charge in [0.05, 0.1) is 0 Å². The van der Waals surface area contributed by atoms with Crippen LogP contribution in [-0.2, 0) is 14.4 Å². The molecule has 15 heavy (non-hydrogen) atoms. The summed E-state index contributed by atoms with van der Waals surface area (Å²) in [7, 11) is 0. The van der Waals surface area contributed by atoms with Crippen LogP contribution in [0.15, 0.2) is 0 Å². The van der Waals surface area contributed by atoms with Gasteiger partial charge in [0.1, 0.15) is 13.1 Å². The summed E-state index contributed by atoms with van der Waals surface area (Å²) in [6, 6.07) is 0. The minimum atomic E-state index is -0.381. The maximum atomic E-state index is 11.7. The van der Waals surface area contributed by atoms with E-state index in [9.17, 15) is 14.4 Å². The first-order chi connectivity index (χ1) is 7.15. The van der Waals surface area contributed by atoms with E-state index < -0.39 is 0 Å². The molecule has 0 aromatic heterocycles. The van der Waals surface area contributed by atoms with Crippen LogP contribution in [0.3, 0.4) is 0 Å². The number of piperazine rings is 1. The first-order valence-electron chi connectivity index (χ1n) is 5.25. The monoisotopic (exact) mass is 210 g/mol. The van der Waals surface area contributed by atoms with Crippen LogP contribution < -0.4 is 5.32 Å². The molecule has 0 spiro atoms. The maximum absolute atomic E-state index is 11.7. The highest BCUT2D eigenvalue weighted by Gasteiger charge is 2.29. The van der Waals surface area contributed by atoms with Gasteiger partial charge in [-0.05, 0) is 18.8 Å². The lowest BCUT2D eigenvalue weighted by molar-refractivity contribution is -0.146. The minimum absolute atomic E-state index is 0.0251. The number of carbonyl (C=O) groups excluding carboxylic acids is 3. The quantitative estimate of drug-likeness (QED) is 0.634. The summed E-state index contributed by atoms with van der Waals surface area (Å²) in [5.74, 6) is -0.359. The highest BCUT2D eigenvalue weighted by molar-refractivity contribution is 6.02. The van der Waals surface area contributed by atoms with Gasteiger partial charge in [0.25, 0.3) is 0 Å². The molecule has 0 aromatic carbocycles. The van der Waals surface area contributed by atoms with Gasteiger partial charge in [-0.15, -0.1) is 0 Å². The fraction of sp³-hybridized carbons (Fsp3) is 0.700. The Balaban J connectivity index is 1.88. The van der Waals surface area contributed by atoms with Crippen molar-refractivity contribution in [1.82, 2.24) is 10.2 Å². The molecule has 2 aliphatic rings. The minimum Gasteiger partial charge on any atom is -0.324 e. The number of nitrogens with one attached hydrogen (secondary N) is 1. The van der Waals surface area contributed by atoms with Crippen molar-refractivity contribution in [1.29, 1.82) is 0 Å². The first kappa shape index (κ1) is 10.1. The Kier molecular flexibility index (Phi) is 2.70. The van der Waals surface area contributed by atoms with Crippen molar-refractivity contribution in [2.75, 3.05) is 13.1 Å². The van der Waals surface area contributed by atoms with E-state index >= 15 is 0 Å². The van der Waals surface area contributed by atoms with E-state index in [-0.39, 0.29) is 30.8 Å². The van der Waals surface area contributed by atoms with E-state index in [4.69, 9.17) is 0 Å². The fourth-order valence-electron chi connectivity index (χ4n) is 1.89. The fourth-order valence-corrected chi connectivity index (χ4v) is 1.89. The van der Waals surface area contributed by atoms with Gasteiger partial charge in [0.15, 0.2) is 0 Å². The van der Waals surface area contributed by atoms with Gasteiger partial charge in [-0.25, -0.2) is 0 Å². The van der Waals surface area contributed by atoms with Crippen LogP contribution in [0.1, 0.15) is 25.7 Å². The number of hydrogen-bond acceptors (Lipinski definition) is 3. The average molecular weight is 210 g/mol. The normalized spacial score (nSPS) is 22.3. The lowest BCUT2D eigenvalue weighted by Crippen LogP contribution is -2.53. The molecule has 0 bridgehead atoms. The molecule has 0 aromatic rings. The first-order valence-corrected chi connectivity index (χ1v) is 5.25. The van der Waals surface area contributed by atoms with E-state index in [1.54, 1.807) is 0 Å². The van der Waals surface area contributed by atoms with Gasteiger partial charge in [-0.3, -0.25) is 19.7 Å². The van der Waals surface area contributed by atoms with Crippen LogP contribution in [0.4, 0.5) is 0 Å². The van der Waals surface area contributed by atoms with E-state index in [1.165, 1.54) is 11.3 Å². The summed E-state index contributed by atoms with van der Waals surface area (Å²) >= 11 is 0. The van der Waals surface area contributed by atoms with Crippen LogP contribution in [0.5, 0.6) is 0 Å². The summed E-state index contributed by atoms with van der Waals surface area (Å²) < 4.78 is 0. The molecule has 0 radical (unpaired) electrons. The molecule has 0 unspecified atom stereocenters. The molecule has 0 atom stereocenters. The highest BCUT2D eigenvalue weighted by Crippen LogP contribution is 2.29. The van der Waals surface area contributed by atoms with E-state index in [1.807, 2.05) is 0 Å². The third-order valence-electron chi connectivity index (χ3n) is 2.99. The molecule has 2 rings (SSSR count). The molecular formula is C10H14N2O3. The Morgan fingerprint density at radius 1 is 1.27 bits per heavy atom. The number of rotatable bonds is 2. The van der Waals surface area contributed by atoms with Gasteiger partial charge in [0, 0.05) is 6.42 Å². The van der Waals surface area contributed by atoms with E-state index in [0.29, 0.717) is 12.3 Å². The third-order valence-corrected chi connectivity index (χ3v) is 2.99. The van der Waals surface area contributed by atoms with Gasteiger partial charge in [0.2, 0.25) is 17.7 Å². The standard InChI is InChI=1S/C10H14N2O3/c13-8-5-12(6-9(14)11-8)10(15)4-7-2-1-3-7/h7H,1-6H2,(H,11,13,14). The van der Waals surface area contributed by atoms with Gasteiger partial charge < -0.3 is 4.90 Å². The zero-order valence-corrected chi connectivity index (χ0v) is 8.49. The van der Waals surface area contributed by atoms with Crippen molar-refractivity contribution >= 4 is 17.7 Å². The molecule has 1 heterocycles. The van der Waals surface area contributed by atoms with Crippen LogP contribution in [0.2, 0.25) is 0 Å². The molecule has 2 fully saturated rings. The second-order valence-electron chi connectivity index (χ2n) is 4.22. The summed E-state index contributed by atoms with van der Waals surface area (Å²) in [6.45, 7) is 0.0502. The number of carbonyl (C=O) groups is 3. The van der Waals surface area contributed by atoms with E-state index in [0.717, 1.165) is 12.8 Å². The number of hydrogen-bond donors (Lipinski definition) is 1. The second kappa shape index (κ2) is 4.00. The summed E-state index contributed by atoms with van der Waals surface area (Å²) in [5.41, 5.74) is 0. The van der Waals surface area contributed by atoms with Gasteiger partial charge >= 0.3 is 0 Å². The zero-order valence-electron chi connectivity index (χ0n) is 8.49. The molecule has 82 valence electrons. The summed E-state index contributed by atoms with van der Waals surface area (Å²) in [5, 5.41) is 2.17. The van der Waals surface area contributed by atoms with Crippen LogP contribution in [-0.4, -0.2) is 35.7 Å². The number of amides is 3. The van der Waals surface area contributed by atoms with Crippen molar-refractivity contribution in [3.63, 3.8) is 0 Å². The van der Waals surface area contributed by atoms with Crippen LogP contribution in [0.25, 0.3) is 0 Å². The molecule has 3 amide bonds. The topological polar surface area (TPSA) is 66.5 Å². The molecule has 1 aliphatic heterocycles. The molecule has 5 nitrogen and oxygen atoms in total. The van der Waals surface area contributed by atoms with Gasteiger partial charge in [-0.2, -0.15) is 0 Å². The predicted octanol–water partition coefficient (Wildman–Crippen LogP) is -0.338. The molecule has 1 aliphatic carbocycles. The Labute approximate surface area is 87.8 Å². The molecule has 1 saturated carbocycles. The van der Waals surface area contributed by atoms with Crippen molar-refractivity contribution in [2.24, 2.45) is 5.92 Å². The lowest BCUT2D eigenvalue weighted by Gasteiger charge is -2.30. The Morgan fingerprint density at radius 2 is 1.87 bits per heavy atom. The summed E-state index contributed by atoms with van der Waals surface area (Å²) in [4.78, 5) is 35.1. The second-order valence-corrected chi connectivity index (χ2v) is 4.22.